The van der Waals surface area contributed by atoms with Crippen LogP contribution in [0.2, 0.25) is 0 Å². The standard InChI is InChI=1S/C13H16BrN3O/c1-3-17-9-10(8-16-17)7-15-11-4-5-13(18-2)12(14)6-11/h4-6,8-9,15H,3,7H2,1-2H3. The first-order valence-electron chi connectivity index (χ1n) is 5.81. The topological polar surface area (TPSA) is 39.1 Å². The van der Waals surface area contributed by atoms with Gasteiger partial charge in [-0.15, -0.1) is 0 Å². The van der Waals surface area contributed by atoms with E-state index < -0.39 is 0 Å². The second-order valence-electron chi connectivity index (χ2n) is 3.91. The Hall–Kier alpha value is -1.49. The zero-order valence-corrected chi connectivity index (χ0v) is 12.1. The van der Waals surface area contributed by atoms with E-state index in [1.54, 1.807) is 7.11 Å². The minimum Gasteiger partial charge on any atom is -0.496 e. The molecule has 0 saturated carbocycles. The van der Waals surface area contributed by atoms with Gasteiger partial charge in [0.1, 0.15) is 5.75 Å². The lowest BCUT2D eigenvalue weighted by Gasteiger charge is -2.08. The normalized spacial score (nSPS) is 10.4. The van der Waals surface area contributed by atoms with Crippen LogP contribution in [0.25, 0.3) is 0 Å². The maximum Gasteiger partial charge on any atom is 0.133 e. The van der Waals surface area contributed by atoms with Crippen molar-refractivity contribution in [1.29, 1.82) is 0 Å². The summed E-state index contributed by atoms with van der Waals surface area (Å²) < 4.78 is 8.05. The van der Waals surface area contributed by atoms with Gasteiger partial charge in [0.25, 0.3) is 0 Å². The third kappa shape index (κ3) is 3.04. The van der Waals surface area contributed by atoms with Crippen LogP contribution in [0.5, 0.6) is 5.75 Å². The van der Waals surface area contributed by atoms with E-state index in [0.717, 1.165) is 29.0 Å². The van der Waals surface area contributed by atoms with Crippen molar-refractivity contribution in [3.8, 4) is 5.75 Å². The van der Waals surface area contributed by atoms with E-state index in [1.165, 1.54) is 5.56 Å². The van der Waals surface area contributed by atoms with Crippen LogP contribution < -0.4 is 10.1 Å². The molecule has 2 aromatic rings. The Labute approximate surface area is 115 Å². The highest BCUT2D eigenvalue weighted by molar-refractivity contribution is 9.10. The molecule has 0 saturated heterocycles. The summed E-state index contributed by atoms with van der Waals surface area (Å²) >= 11 is 3.47. The van der Waals surface area contributed by atoms with E-state index in [0.29, 0.717) is 0 Å². The second kappa shape index (κ2) is 5.91. The first kappa shape index (κ1) is 13.0. The summed E-state index contributed by atoms with van der Waals surface area (Å²) in [5.74, 6) is 0.833. The quantitative estimate of drug-likeness (QED) is 0.921. The highest BCUT2D eigenvalue weighted by Gasteiger charge is 2.02. The fourth-order valence-electron chi connectivity index (χ4n) is 1.65. The molecule has 1 aromatic carbocycles. The molecule has 0 atom stereocenters. The van der Waals surface area contributed by atoms with Crippen LogP contribution >= 0.6 is 15.9 Å². The lowest BCUT2D eigenvalue weighted by molar-refractivity contribution is 0.412. The number of benzene rings is 1. The van der Waals surface area contributed by atoms with Crippen molar-refractivity contribution in [3.05, 3.63) is 40.6 Å². The van der Waals surface area contributed by atoms with E-state index in [9.17, 15) is 0 Å². The first-order chi connectivity index (χ1) is 8.72. The van der Waals surface area contributed by atoms with Crippen molar-refractivity contribution in [2.75, 3.05) is 12.4 Å². The lowest BCUT2D eigenvalue weighted by atomic mass is 10.3. The van der Waals surface area contributed by atoms with Crippen molar-refractivity contribution in [3.63, 3.8) is 0 Å². The number of hydrogen-bond acceptors (Lipinski definition) is 3. The summed E-state index contributed by atoms with van der Waals surface area (Å²) in [5, 5.41) is 7.59. The number of halogens is 1. The molecule has 4 nitrogen and oxygen atoms in total. The third-order valence-corrected chi connectivity index (χ3v) is 3.28. The number of rotatable bonds is 5. The van der Waals surface area contributed by atoms with Gasteiger partial charge in [-0.1, -0.05) is 0 Å². The van der Waals surface area contributed by atoms with Crippen molar-refractivity contribution in [2.24, 2.45) is 0 Å². The first-order valence-corrected chi connectivity index (χ1v) is 6.61. The zero-order valence-electron chi connectivity index (χ0n) is 10.5. The zero-order chi connectivity index (χ0) is 13.0. The average Bonchev–Trinajstić information content (AvgIpc) is 2.84. The molecule has 0 unspecified atom stereocenters. The number of nitrogens with zero attached hydrogens (tertiary/aromatic N) is 2. The molecule has 1 heterocycles. The van der Waals surface area contributed by atoms with Crippen molar-refractivity contribution >= 4 is 21.6 Å². The highest BCUT2D eigenvalue weighted by Crippen LogP contribution is 2.27. The molecule has 1 aromatic heterocycles. The molecule has 0 fully saturated rings. The number of aryl methyl sites for hydroxylation is 1. The SMILES string of the molecule is CCn1cc(CNc2ccc(OC)c(Br)c2)cn1. The van der Waals surface area contributed by atoms with Gasteiger partial charge in [-0.05, 0) is 41.1 Å². The molecule has 0 bridgehead atoms. The molecule has 0 aliphatic rings. The fourth-order valence-corrected chi connectivity index (χ4v) is 2.19. The van der Waals surface area contributed by atoms with E-state index >= 15 is 0 Å². The largest absolute Gasteiger partial charge is 0.496 e. The summed E-state index contributed by atoms with van der Waals surface area (Å²) in [6, 6.07) is 5.93. The number of aromatic nitrogens is 2. The number of nitrogens with one attached hydrogen (secondary N) is 1. The summed E-state index contributed by atoms with van der Waals surface area (Å²) in [6.07, 6.45) is 3.93. The van der Waals surface area contributed by atoms with Gasteiger partial charge < -0.3 is 10.1 Å². The monoisotopic (exact) mass is 309 g/mol. The Morgan fingerprint density at radius 3 is 2.89 bits per heavy atom. The molecule has 0 amide bonds. The molecule has 0 radical (unpaired) electrons. The van der Waals surface area contributed by atoms with Crippen LogP contribution in [0.3, 0.4) is 0 Å². The molecule has 18 heavy (non-hydrogen) atoms. The molecule has 5 heteroatoms. The number of ether oxygens (including phenoxy) is 1. The second-order valence-corrected chi connectivity index (χ2v) is 4.76. The third-order valence-electron chi connectivity index (χ3n) is 2.66. The van der Waals surface area contributed by atoms with Crippen LogP contribution in [-0.4, -0.2) is 16.9 Å². The van der Waals surface area contributed by atoms with Gasteiger partial charge in [-0.25, -0.2) is 0 Å². The Morgan fingerprint density at radius 2 is 2.28 bits per heavy atom. The molecular weight excluding hydrogens is 294 g/mol. The smallest absolute Gasteiger partial charge is 0.133 e. The fraction of sp³-hybridized carbons (Fsp3) is 0.308. The van der Waals surface area contributed by atoms with E-state index in [-0.39, 0.29) is 0 Å². The average molecular weight is 310 g/mol. The minimum atomic E-state index is 0.763. The van der Waals surface area contributed by atoms with Crippen LogP contribution in [0.4, 0.5) is 5.69 Å². The van der Waals surface area contributed by atoms with E-state index in [1.807, 2.05) is 35.3 Å². The van der Waals surface area contributed by atoms with Crippen molar-refractivity contribution in [1.82, 2.24) is 9.78 Å². The van der Waals surface area contributed by atoms with Gasteiger partial charge in [0.05, 0.1) is 17.8 Å². The summed E-state index contributed by atoms with van der Waals surface area (Å²) in [5.41, 5.74) is 2.22. The van der Waals surface area contributed by atoms with Crippen LogP contribution in [0.15, 0.2) is 35.1 Å². The summed E-state index contributed by atoms with van der Waals surface area (Å²) in [7, 11) is 1.66. The minimum absolute atomic E-state index is 0.763. The molecule has 1 N–H and O–H groups in total. The molecule has 0 aliphatic carbocycles. The van der Waals surface area contributed by atoms with E-state index in [4.69, 9.17) is 4.74 Å². The van der Waals surface area contributed by atoms with Gasteiger partial charge in [0, 0.05) is 30.5 Å². The summed E-state index contributed by atoms with van der Waals surface area (Å²) in [4.78, 5) is 0. The van der Waals surface area contributed by atoms with Crippen molar-refractivity contribution < 1.29 is 4.74 Å². The molecule has 96 valence electrons. The van der Waals surface area contributed by atoms with Crippen LogP contribution in [-0.2, 0) is 13.1 Å². The highest BCUT2D eigenvalue weighted by atomic mass is 79.9. The molecule has 0 spiro atoms. The molecule has 0 aliphatic heterocycles. The van der Waals surface area contributed by atoms with Gasteiger partial charge in [0.15, 0.2) is 0 Å². The predicted molar refractivity (Wildman–Crippen MR) is 75.9 cm³/mol. The molecular formula is C13H16BrN3O. The van der Waals surface area contributed by atoms with Gasteiger partial charge >= 0.3 is 0 Å². The van der Waals surface area contributed by atoms with Crippen molar-refractivity contribution in [2.45, 2.75) is 20.0 Å². The molecule has 2 rings (SSSR count). The van der Waals surface area contributed by atoms with Crippen LogP contribution in [0.1, 0.15) is 12.5 Å². The predicted octanol–water partition coefficient (Wildman–Crippen LogP) is 3.29. The van der Waals surface area contributed by atoms with Crippen LogP contribution in [0, 0.1) is 0 Å². The van der Waals surface area contributed by atoms with Gasteiger partial charge in [-0.2, -0.15) is 5.10 Å². The summed E-state index contributed by atoms with van der Waals surface area (Å²) in [6.45, 7) is 3.73. The maximum atomic E-state index is 5.19. The Balaban J connectivity index is 1.99. The number of hydrogen-bond donors (Lipinski definition) is 1. The Kier molecular flexibility index (Phi) is 4.25. The van der Waals surface area contributed by atoms with E-state index in [2.05, 4.69) is 33.3 Å². The Morgan fingerprint density at radius 1 is 1.44 bits per heavy atom. The van der Waals surface area contributed by atoms with Gasteiger partial charge in [-0.3, -0.25) is 4.68 Å². The maximum absolute atomic E-state index is 5.19. The lowest BCUT2D eigenvalue weighted by Crippen LogP contribution is -1.99. The number of anilines is 1. The Bertz CT molecular complexity index is 525. The number of methoxy groups -OCH3 is 1. The van der Waals surface area contributed by atoms with Gasteiger partial charge in [0.2, 0.25) is 0 Å².